The van der Waals surface area contributed by atoms with Gasteiger partial charge in [-0.2, -0.15) is 9.97 Å². The number of nitrogens with two attached hydrogens (primary N) is 1. The molecule has 0 amide bonds. The minimum atomic E-state index is -3.76. The summed E-state index contributed by atoms with van der Waals surface area (Å²) in [5.41, 5.74) is 6.08. The van der Waals surface area contributed by atoms with E-state index in [1.54, 1.807) is 6.07 Å². The van der Waals surface area contributed by atoms with Crippen molar-refractivity contribution in [1.82, 2.24) is 9.97 Å². The molecule has 24 heavy (non-hydrogen) atoms. The van der Waals surface area contributed by atoms with Crippen molar-refractivity contribution < 1.29 is 8.42 Å². The highest BCUT2D eigenvalue weighted by Crippen LogP contribution is 2.20. The lowest BCUT2D eigenvalue weighted by molar-refractivity contribution is 0.601. The molecule has 0 aliphatic rings. The van der Waals surface area contributed by atoms with Crippen molar-refractivity contribution in [3.8, 4) is 0 Å². The molecule has 0 saturated heterocycles. The van der Waals surface area contributed by atoms with Gasteiger partial charge in [-0.3, -0.25) is 4.72 Å². The standard InChI is InChI=1S/C15H22N6O2S/c1-4-17-15-19-13(18-10(2)3)9-14(20-15)21-24(22,23)12-7-5-11(16)6-8-12/h5-10H,4,16H2,1-3H3,(H3,17,18,19,20,21). The second-order valence-electron chi connectivity index (χ2n) is 5.47. The largest absolute Gasteiger partial charge is 0.399 e. The predicted octanol–water partition coefficient (Wildman–Crippen LogP) is 2.11. The second kappa shape index (κ2) is 7.35. The van der Waals surface area contributed by atoms with Crippen LogP contribution < -0.4 is 21.1 Å². The van der Waals surface area contributed by atoms with Gasteiger partial charge in [0.05, 0.1) is 4.90 Å². The molecule has 0 bridgehead atoms. The lowest BCUT2D eigenvalue weighted by atomic mass is 10.3. The third-order valence-electron chi connectivity index (χ3n) is 2.93. The summed E-state index contributed by atoms with van der Waals surface area (Å²) in [6.45, 7) is 6.46. The molecule has 1 aromatic carbocycles. The summed E-state index contributed by atoms with van der Waals surface area (Å²) >= 11 is 0. The van der Waals surface area contributed by atoms with Crippen LogP contribution in [0.25, 0.3) is 0 Å². The number of hydrogen-bond donors (Lipinski definition) is 4. The summed E-state index contributed by atoms with van der Waals surface area (Å²) in [6.07, 6.45) is 0. The highest BCUT2D eigenvalue weighted by molar-refractivity contribution is 7.92. The topological polar surface area (TPSA) is 122 Å². The van der Waals surface area contributed by atoms with E-state index >= 15 is 0 Å². The number of aromatic nitrogens is 2. The third-order valence-corrected chi connectivity index (χ3v) is 4.30. The molecule has 5 N–H and O–H groups in total. The van der Waals surface area contributed by atoms with Crippen molar-refractivity contribution in [2.45, 2.75) is 31.7 Å². The quantitative estimate of drug-likeness (QED) is 0.564. The average molecular weight is 350 g/mol. The molecule has 130 valence electrons. The van der Waals surface area contributed by atoms with Gasteiger partial charge >= 0.3 is 0 Å². The van der Waals surface area contributed by atoms with Gasteiger partial charge in [-0.1, -0.05) is 0 Å². The zero-order valence-electron chi connectivity index (χ0n) is 13.9. The van der Waals surface area contributed by atoms with E-state index in [0.29, 0.717) is 24.0 Å². The Kier molecular flexibility index (Phi) is 5.45. The van der Waals surface area contributed by atoms with Crippen LogP contribution in [0.5, 0.6) is 0 Å². The highest BCUT2D eigenvalue weighted by Gasteiger charge is 2.16. The Hall–Kier alpha value is -2.55. The summed E-state index contributed by atoms with van der Waals surface area (Å²) in [5, 5.41) is 6.12. The van der Waals surface area contributed by atoms with Crippen LogP contribution in [0.2, 0.25) is 0 Å². The summed E-state index contributed by atoms with van der Waals surface area (Å²) in [6, 6.07) is 7.65. The molecule has 9 heteroatoms. The number of hydrogen-bond acceptors (Lipinski definition) is 7. The molecule has 0 aliphatic heterocycles. The van der Waals surface area contributed by atoms with Gasteiger partial charge in [-0.25, -0.2) is 8.42 Å². The fraction of sp³-hybridized carbons (Fsp3) is 0.333. The summed E-state index contributed by atoms with van der Waals surface area (Å²) < 4.78 is 27.4. The molecule has 0 aliphatic carbocycles. The van der Waals surface area contributed by atoms with Crippen LogP contribution in [0.3, 0.4) is 0 Å². The number of nitrogen functional groups attached to an aromatic ring is 1. The molecule has 2 aromatic rings. The minimum Gasteiger partial charge on any atom is -0.399 e. The molecule has 8 nitrogen and oxygen atoms in total. The highest BCUT2D eigenvalue weighted by atomic mass is 32.2. The van der Waals surface area contributed by atoms with Gasteiger partial charge in [-0.05, 0) is 45.0 Å². The van der Waals surface area contributed by atoms with E-state index < -0.39 is 10.0 Å². The van der Waals surface area contributed by atoms with E-state index in [2.05, 4.69) is 25.3 Å². The monoisotopic (exact) mass is 350 g/mol. The SMILES string of the molecule is CCNc1nc(NC(C)C)cc(NS(=O)(=O)c2ccc(N)cc2)n1. The van der Waals surface area contributed by atoms with Crippen LogP contribution in [-0.2, 0) is 10.0 Å². The lowest BCUT2D eigenvalue weighted by Gasteiger charge is -2.13. The Balaban J connectivity index is 2.32. The maximum atomic E-state index is 12.5. The normalized spacial score (nSPS) is 11.3. The second-order valence-corrected chi connectivity index (χ2v) is 7.15. The zero-order valence-corrected chi connectivity index (χ0v) is 14.7. The van der Waals surface area contributed by atoms with Crippen LogP contribution in [0, 0.1) is 0 Å². The maximum Gasteiger partial charge on any atom is 0.263 e. The zero-order chi connectivity index (χ0) is 17.7. The minimum absolute atomic E-state index is 0.110. The van der Waals surface area contributed by atoms with E-state index in [-0.39, 0.29) is 16.8 Å². The molecular formula is C15H22N6O2S. The molecular weight excluding hydrogens is 328 g/mol. The van der Waals surface area contributed by atoms with E-state index in [9.17, 15) is 8.42 Å². The number of nitrogens with one attached hydrogen (secondary N) is 3. The number of nitrogens with zero attached hydrogens (tertiary/aromatic N) is 2. The Bertz CT molecular complexity index is 790. The number of rotatable bonds is 7. The summed E-state index contributed by atoms with van der Waals surface area (Å²) in [5.74, 6) is 1.06. The Morgan fingerprint density at radius 2 is 1.75 bits per heavy atom. The smallest absolute Gasteiger partial charge is 0.263 e. The fourth-order valence-corrected chi connectivity index (χ4v) is 2.94. The number of anilines is 4. The summed E-state index contributed by atoms with van der Waals surface area (Å²) in [7, 11) is -3.76. The average Bonchev–Trinajstić information content (AvgIpc) is 2.46. The van der Waals surface area contributed by atoms with Gasteiger partial charge in [0.2, 0.25) is 5.95 Å². The van der Waals surface area contributed by atoms with Crippen LogP contribution >= 0.6 is 0 Å². The Morgan fingerprint density at radius 1 is 1.12 bits per heavy atom. The van der Waals surface area contributed by atoms with Crippen LogP contribution in [0.4, 0.5) is 23.3 Å². The lowest BCUT2D eigenvalue weighted by Crippen LogP contribution is -2.17. The molecule has 0 spiro atoms. The van der Waals surface area contributed by atoms with Gasteiger partial charge in [0.15, 0.2) is 0 Å². The molecule has 0 radical (unpaired) electrons. The van der Waals surface area contributed by atoms with Crippen LogP contribution in [-0.4, -0.2) is 31.0 Å². The molecule has 0 unspecified atom stereocenters. The van der Waals surface area contributed by atoms with Crippen molar-refractivity contribution in [2.75, 3.05) is 27.6 Å². The van der Waals surface area contributed by atoms with Crippen molar-refractivity contribution in [3.63, 3.8) is 0 Å². The van der Waals surface area contributed by atoms with Gasteiger partial charge in [0.1, 0.15) is 11.6 Å². The van der Waals surface area contributed by atoms with Crippen LogP contribution in [0.15, 0.2) is 35.2 Å². The van der Waals surface area contributed by atoms with Crippen molar-refractivity contribution in [1.29, 1.82) is 0 Å². The molecule has 0 atom stereocenters. The van der Waals surface area contributed by atoms with Gasteiger partial charge < -0.3 is 16.4 Å². The maximum absolute atomic E-state index is 12.5. The molecule has 1 heterocycles. The fourth-order valence-electron chi connectivity index (χ4n) is 1.95. The van der Waals surface area contributed by atoms with Crippen LogP contribution in [0.1, 0.15) is 20.8 Å². The molecule has 0 saturated carbocycles. The van der Waals surface area contributed by atoms with E-state index in [4.69, 9.17) is 5.73 Å². The van der Waals surface area contributed by atoms with E-state index in [0.717, 1.165) is 0 Å². The van der Waals surface area contributed by atoms with Gasteiger partial charge in [0.25, 0.3) is 10.0 Å². The van der Waals surface area contributed by atoms with Crippen molar-refractivity contribution in [2.24, 2.45) is 0 Å². The first-order valence-electron chi connectivity index (χ1n) is 7.58. The predicted molar refractivity (Wildman–Crippen MR) is 96.6 cm³/mol. The van der Waals surface area contributed by atoms with Gasteiger partial charge in [-0.15, -0.1) is 0 Å². The Morgan fingerprint density at radius 3 is 2.33 bits per heavy atom. The van der Waals surface area contributed by atoms with E-state index in [1.165, 1.54) is 24.3 Å². The molecule has 1 aromatic heterocycles. The first-order valence-corrected chi connectivity index (χ1v) is 9.06. The third kappa shape index (κ3) is 4.72. The Labute approximate surface area is 142 Å². The molecule has 0 fully saturated rings. The van der Waals surface area contributed by atoms with Crippen molar-refractivity contribution >= 4 is 33.3 Å². The first-order chi connectivity index (χ1) is 11.3. The van der Waals surface area contributed by atoms with E-state index in [1.807, 2.05) is 20.8 Å². The first kappa shape index (κ1) is 17.8. The van der Waals surface area contributed by atoms with Gasteiger partial charge in [0, 0.05) is 24.3 Å². The number of benzene rings is 1. The number of sulfonamides is 1. The summed E-state index contributed by atoms with van der Waals surface area (Å²) in [4.78, 5) is 8.58. The molecule has 2 rings (SSSR count). The van der Waals surface area contributed by atoms with Crippen molar-refractivity contribution in [3.05, 3.63) is 30.3 Å².